The summed E-state index contributed by atoms with van der Waals surface area (Å²) in [5, 5.41) is 3.69. The number of nitrogens with one attached hydrogen (secondary N) is 2. The number of aromatic nitrogens is 2. The van der Waals surface area contributed by atoms with Gasteiger partial charge in [-0.3, -0.25) is 28.9 Å². The molecule has 4 aliphatic rings. The number of amides is 4. The normalized spacial score (nSPS) is 23.8. The molecule has 4 fully saturated rings. The smallest absolute Gasteiger partial charge is 0.259 e. The number of rotatable bonds is 13. The van der Waals surface area contributed by atoms with Gasteiger partial charge in [0.05, 0.1) is 41.2 Å². The first kappa shape index (κ1) is 41.4. The monoisotopic (exact) mass is 834 g/mol. The number of carbonyl (C=O) groups is 4. The molecule has 5 atom stereocenters. The van der Waals surface area contributed by atoms with Crippen LogP contribution in [-0.4, -0.2) is 101 Å². The van der Waals surface area contributed by atoms with Crippen molar-refractivity contribution in [3.8, 4) is 23.0 Å². The fourth-order valence-electron chi connectivity index (χ4n) is 8.10. The highest BCUT2D eigenvalue weighted by Gasteiger charge is 2.62. The van der Waals surface area contributed by atoms with Crippen molar-refractivity contribution < 1.29 is 37.1 Å². The lowest BCUT2D eigenvalue weighted by Crippen LogP contribution is -2.57. The standard InChI is InChI=1S/C42H51ClN6O8S/c1-6-25-23-42(25,40(53)47-58(54,55)27-13-14-27)46-37(51)33-20-26(24-49(33)39(52)30(41(2,3)4)22-35(50)48-18-10-7-11-19-48)57-38-28-15-16-34(56-5)36(43)29(28)21-32(45-38)31-12-8-9-17-44-31/h6,8-9,12,15-17,21,25-27,30,33H,1,7,10-11,13-14,18-20,22-24H2,2-5H3,(H,46,51)(H,47,53)/t25-,26-,30-,33+,42-/m1/s1. The van der Waals surface area contributed by atoms with Crippen molar-refractivity contribution in [1.29, 1.82) is 0 Å². The molecule has 58 heavy (non-hydrogen) atoms. The summed E-state index contributed by atoms with van der Waals surface area (Å²) in [4.78, 5) is 69.3. The minimum Gasteiger partial charge on any atom is -0.495 e. The second-order valence-electron chi connectivity index (χ2n) is 16.9. The van der Waals surface area contributed by atoms with Crippen LogP contribution in [-0.2, 0) is 29.2 Å². The molecule has 4 heterocycles. The SMILES string of the molecule is C=C[C@@H]1C[C@]1(NC(=O)[C@@H]1C[C@@H](Oc2nc(-c3ccccn3)cc3c(Cl)c(OC)ccc23)CN1C(=O)[C@@H](CC(=O)N1CCCCC1)C(C)(C)C)C(=O)NS(=O)(=O)C1CC1. The van der Waals surface area contributed by atoms with E-state index in [0.29, 0.717) is 58.9 Å². The van der Waals surface area contributed by atoms with Crippen molar-refractivity contribution in [2.75, 3.05) is 26.7 Å². The Morgan fingerprint density at radius 2 is 1.81 bits per heavy atom. The van der Waals surface area contributed by atoms with Crippen LogP contribution in [0.25, 0.3) is 22.2 Å². The van der Waals surface area contributed by atoms with Gasteiger partial charge < -0.3 is 24.6 Å². The third kappa shape index (κ3) is 8.38. The number of likely N-dealkylation sites (tertiary alicyclic amines) is 2. The van der Waals surface area contributed by atoms with E-state index >= 15 is 0 Å². The van der Waals surface area contributed by atoms with Gasteiger partial charge in [0.25, 0.3) is 5.91 Å². The number of halogens is 1. The van der Waals surface area contributed by atoms with E-state index in [0.717, 1.165) is 19.3 Å². The highest BCUT2D eigenvalue weighted by molar-refractivity contribution is 7.91. The lowest BCUT2D eigenvalue weighted by atomic mass is 9.77. The molecule has 7 rings (SSSR count). The number of nitrogens with zero attached hydrogens (tertiary/aromatic N) is 4. The Bertz CT molecular complexity index is 2220. The minimum absolute atomic E-state index is 0.00616. The average molecular weight is 835 g/mol. The first-order valence-electron chi connectivity index (χ1n) is 19.9. The average Bonchev–Trinajstić information content (AvgIpc) is 4.14. The summed E-state index contributed by atoms with van der Waals surface area (Å²) in [7, 11) is -2.40. The van der Waals surface area contributed by atoms with Crippen molar-refractivity contribution in [3.63, 3.8) is 0 Å². The Hall–Kier alpha value is -4.76. The van der Waals surface area contributed by atoms with Crippen molar-refractivity contribution in [2.24, 2.45) is 17.3 Å². The minimum atomic E-state index is -3.92. The molecule has 3 aromatic rings. The number of hydrogen-bond acceptors (Lipinski definition) is 10. The zero-order chi connectivity index (χ0) is 41.6. The molecule has 310 valence electrons. The second-order valence-corrected chi connectivity index (χ2v) is 19.3. The van der Waals surface area contributed by atoms with Gasteiger partial charge in [0.1, 0.15) is 23.4 Å². The van der Waals surface area contributed by atoms with Gasteiger partial charge in [-0.15, -0.1) is 6.58 Å². The van der Waals surface area contributed by atoms with Crippen LogP contribution in [0.3, 0.4) is 0 Å². The summed E-state index contributed by atoms with van der Waals surface area (Å²) < 4.78 is 40.0. The molecule has 2 aliphatic heterocycles. The molecule has 0 radical (unpaired) electrons. The number of ether oxygens (including phenoxy) is 2. The number of pyridine rings is 2. The Labute approximate surface area is 344 Å². The Kier molecular flexibility index (Phi) is 11.5. The van der Waals surface area contributed by atoms with Crippen LogP contribution >= 0.6 is 11.6 Å². The van der Waals surface area contributed by atoms with Gasteiger partial charge in [0, 0.05) is 48.8 Å². The Balaban J connectivity index is 1.23. The van der Waals surface area contributed by atoms with E-state index in [1.807, 2.05) is 31.7 Å². The summed E-state index contributed by atoms with van der Waals surface area (Å²) in [6.45, 7) is 10.7. The lowest BCUT2D eigenvalue weighted by molar-refractivity contribution is -0.148. The van der Waals surface area contributed by atoms with Crippen molar-refractivity contribution in [3.05, 3.63) is 60.3 Å². The fourth-order valence-corrected chi connectivity index (χ4v) is 9.76. The zero-order valence-corrected chi connectivity index (χ0v) is 34.9. The number of benzene rings is 1. The van der Waals surface area contributed by atoms with Gasteiger partial charge >= 0.3 is 0 Å². The Morgan fingerprint density at radius 1 is 1.07 bits per heavy atom. The fraction of sp³-hybridized carbons (Fsp3) is 0.524. The molecule has 0 bridgehead atoms. The number of sulfonamides is 1. The maximum absolute atomic E-state index is 14.9. The van der Waals surface area contributed by atoms with E-state index < -0.39 is 67.9 Å². The lowest BCUT2D eigenvalue weighted by Gasteiger charge is -2.36. The second kappa shape index (κ2) is 16.1. The quantitative estimate of drug-likeness (QED) is 0.222. The van der Waals surface area contributed by atoms with Gasteiger partial charge in [-0.1, -0.05) is 44.5 Å². The van der Waals surface area contributed by atoms with E-state index in [1.165, 1.54) is 18.1 Å². The number of fused-ring (bicyclic) bond motifs is 1. The predicted molar refractivity (Wildman–Crippen MR) is 218 cm³/mol. The summed E-state index contributed by atoms with van der Waals surface area (Å²) >= 11 is 6.83. The van der Waals surface area contributed by atoms with Gasteiger partial charge in [0.2, 0.25) is 33.6 Å². The number of methoxy groups -OCH3 is 1. The maximum atomic E-state index is 14.9. The largest absolute Gasteiger partial charge is 0.495 e. The van der Waals surface area contributed by atoms with Crippen molar-refractivity contribution in [2.45, 2.75) is 95.1 Å². The van der Waals surface area contributed by atoms with E-state index in [1.54, 1.807) is 36.5 Å². The molecule has 0 spiro atoms. The van der Waals surface area contributed by atoms with Gasteiger partial charge in [-0.2, -0.15) is 0 Å². The maximum Gasteiger partial charge on any atom is 0.259 e. The highest BCUT2D eigenvalue weighted by atomic mass is 35.5. The van der Waals surface area contributed by atoms with E-state index in [4.69, 9.17) is 26.1 Å². The molecule has 0 unspecified atom stereocenters. The van der Waals surface area contributed by atoms with Crippen LogP contribution in [0, 0.1) is 17.3 Å². The van der Waals surface area contributed by atoms with Crippen LogP contribution in [0.2, 0.25) is 5.02 Å². The van der Waals surface area contributed by atoms with Gasteiger partial charge in [-0.05, 0) is 74.3 Å². The molecule has 2 aliphatic carbocycles. The predicted octanol–water partition coefficient (Wildman–Crippen LogP) is 5.04. The van der Waals surface area contributed by atoms with Crippen molar-refractivity contribution in [1.82, 2.24) is 29.8 Å². The molecule has 16 heteroatoms. The topological polar surface area (TPSA) is 177 Å². The van der Waals surface area contributed by atoms with Crippen LogP contribution in [0.5, 0.6) is 11.6 Å². The van der Waals surface area contributed by atoms with E-state index in [2.05, 4.69) is 21.6 Å². The van der Waals surface area contributed by atoms with E-state index in [-0.39, 0.29) is 37.6 Å². The first-order valence-corrected chi connectivity index (χ1v) is 21.8. The third-order valence-corrected chi connectivity index (χ3v) is 14.0. The molecule has 14 nitrogen and oxygen atoms in total. The molecule has 1 aromatic carbocycles. The van der Waals surface area contributed by atoms with Crippen molar-refractivity contribution >= 4 is 56.0 Å². The van der Waals surface area contributed by atoms with Crippen LogP contribution in [0.4, 0.5) is 0 Å². The molecule has 2 N–H and O–H groups in total. The van der Waals surface area contributed by atoms with Gasteiger partial charge in [-0.25, -0.2) is 13.4 Å². The Morgan fingerprint density at radius 3 is 2.43 bits per heavy atom. The third-order valence-electron chi connectivity index (χ3n) is 11.8. The number of hydrogen-bond donors (Lipinski definition) is 2. The molecule has 2 saturated carbocycles. The van der Waals surface area contributed by atoms with Crippen LogP contribution < -0.4 is 19.5 Å². The summed E-state index contributed by atoms with van der Waals surface area (Å²) in [6, 6.07) is 9.55. The summed E-state index contributed by atoms with van der Waals surface area (Å²) in [5.74, 6) is -2.68. The van der Waals surface area contributed by atoms with E-state index in [9.17, 15) is 27.6 Å². The number of carbonyl (C=O) groups excluding carboxylic acids is 4. The molecule has 2 saturated heterocycles. The number of piperidine rings is 1. The first-order chi connectivity index (χ1) is 27.6. The molecular weight excluding hydrogens is 784 g/mol. The van der Waals surface area contributed by atoms with Crippen LogP contribution in [0.15, 0.2) is 55.3 Å². The summed E-state index contributed by atoms with van der Waals surface area (Å²) in [5.41, 5.74) is -1.20. The molecular formula is C42H51ClN6O8S. The summed E-state index contributed by atoms with van der Waals surface area (Å²) in [6.07, 6.45) is 6.25. The molecule has 4 amide bonds. The highest BCUT2D eigenvalue weighted by Crippen LogP contribution is 2.46. The van der Waals surface area contributed by atoms with Crippen LogP contribution in [0.1, 0.15) is 72.1 Å². The van der Waals surface area contributed by atoms with Gasteiger partial charge in [0.15, 0.2) is 0 Å². The molecule has 2 aromatic heterocycles. The zero-order valence-electron chi connectivity index (χ0n) is 33.3.